The molecular weight excluding hydrogens is 210 g/mol. The van der Waals surface area contributed by atoms with Crippen LogP contribution in [0.25, 0.3) is 0 Å². The fourth-order valence-corrected chi connectivity index (χ4v) is 2.34. The van der Waals surface area contributed by atoms with Gasteiger partial charge in [-0.05, 0) is 43.4 Å². The number of nitriles is 1. The van der Waals surface area contributed by atoms with Crippen LogP contribution >= 0.6 is 0 Å². The minimum Gasteiger partial charge on any atom is -0.328 e. The molecule has 0 spiro atoms. The summed E-state index contributed by atoms with van der Waals surface area (Å²) in [5.74, 6) is 0. The lowest BCUT2D eigenvalue weighted by Gasteiger charge is -2.27. The lowest BCUT2D eigenvalue weighted by molar-refractivity contribution is 0.342. The van der Waals surface area contributed by atoms with E-state index in [1.54, 1.807) is 0 Å². The van der Waals surface area contributed by atoms with Crippen LogP contribution in [0.1, 0.15) is 36.8 Å². The summed E-state index contributed by atoms with van der Waals surface area (Å²) in [6, 6.07) is 10.9. The highest BCUT2D eigenvalue weighted by Gasteiger charge is 2.17. The third-order valence-corrected chi connectivity index (χ3v) is 3.42. The Balaban J connectivity index is 1.83. The number of nitrogens with one attached hydrogen (secondary N) is 1. The maximum Gasteiger partial charge on any atom is 0.0991 e. The maximum atomic E-state index is 8.82. The first kappa shape index (κ1) is 12.1. The summed E-state index contributed by atoms with van der Waals surface area (Å²) in [4.78, 5) is 0. The number of nitrogens with zero attached hydrogens (tertiary/aromatic N) is 1. The Labute approximate surface area is 103 Å². The van der Waals surface area contributed by atoms with Crippen molar-refractivity contribution in [3.63, 3.8) is 0 Å². The molecule has 1 aromatic carbocycles. The highest BCUT2D eigenvalue weighted by molar-refractivity contribution is 5.32. The smallest absolute Gasteiger partial charge is 0.0991 e. The van der Waals surface area contributed by atoms with E-state index in [2.05, 4.69) is 17.5 Å². The Morgan fingerprint density at radius 3 is 2.76 bits per heavy atom. The fourth-order valence-electron chi connectivity index (χ4n) is 2.34. The lowest BCUT2D eigenvalue weighted by atomic mass is 9.92. The van der Waals surface area contributed by atoms with Gasteiger partial charge in [-0.2, -0.15) is 5.26 Å². The van der Waals surface area contributed by atoms with E-state index in [9.17, 15) is 0 Å². The van der Waals surface area contributed by atoms with E-state index >= 15 is 0 Å². The van der Waals surface area contributed by atoms with Gasteiger partial charge in [0.15, 0.2) is 0 Å². The van der Waals surface area contributed by atoms with Crippen LogP contribution in [0.15, 0.2) is 24.3 Å². The number of hydrogen-bond acceptors (Lipinski definition) is 3. The molecular formula is C14H19N3. The first-order valence-electron chi connectivity index (χ1n) is 6.26. The van der Waals surface area contributed by atoms with Crippen LogP contribution in [0.4, 0.5) is 0 Å². The summed E-state index contributed by atoms with van der Waals surface area (Å²) in [6.07, 6.45) is 4.57. The van der Waals surface area contributed by atoms with Crippen LogP contribution in [-0.4, -0.2) is 12.1 Å². The van der Waals surface area contributed by atoms with Gasteiger partial charge in [0.1, 0.15) is 0 Å². The van der Waals surface area contributed by atoms with Crippen molar-refractivity contribution < 1.29 is 0 Å². The summed E-state index contributed by atoms with van der Waals surface area (Å²) in [5, 5.41) is 12.4. The van der Waals surface area contributed by atoms with Crippen molar-refractivity contribution in [3.05, 3.63) is 35.4 Å². The lowest BCUT2D eigenvalue weighted by Crippen LogP contribution is -2.37. The van der Waals surface area contributed by atoms with Crippen LogP contribution in [0, 0.1) is 11.3 Å². The molecule has 0 heterocycles. The molecule has 3 heteroatoms. The standard InChI is InChI=1S/C14H19N3/c15-9-11-2-1-3-12(8-11)10-17-14-6-4-13(16)5-7-14/h1-3,8,13-14,17H,4-7,10,16H2. The predicted octanol–water partition coefficient (Wildman–Crippen LogP) is 1.92. The number of rotatable bonds is 3. The average molecular weight is 229 g/mol. The van der Waals surface area contributed by atoms with Crippen molar-refractivity contribution in [1.82, 2.24) is 5.32 Å². The molecule has 0 aromatic heterocycles. The third-order valence-electron chi connectivity index (χ3n) is 3.42. The summed E-state index contributed by atoms with van der Waals surface area (Å²) < 4.78 is 0. The second-order valence-corrected chi connectivity index (χ2v) is 4.80. The fraction of sp³-hybridized carbons (Fsp3) is 0.500. The summed E-state index contributed by atoms with van der Waals surface area (Å²) in [6.45, 7) is 0.843. The van der Waals surface area contributed by atoms with Gasteiger partial charge in [-0.25, -0.2) is 0 Å². The topological polar surface area (TPSA) is 61.8 Å². The quantitative estimate of drug-likeness (QED) is 0.832. The molecule has 3 nitrogen and oxygen atoms in total. The SMILES string of the molecule is N#Cc1cccc(CNC2CCC(N)CC2)c1. The molecule has 0 saturated heterocycles. The molecule has 0 unspecified atom stereocenters. The van der Waals surface area contributed by atoms with E-state index in [-0.39, 0.29) is 0 Å². The van der Waals surface area contributed by atoms with Gasteiger partial charge in [0.2, 0.25) is 0 Å². The Kier molecular flexibility index (Phi) is 4.13. The summed E-state index contributed by atoms with van der Waals surface area (Å²) >= 11 is 0. The molecule has 1 fully saturated rings. The van der Waals surface area contributed by atoms with E-state index in [0.29, 0.717) is 12.1 Å². The van der Waals surface area contributed by atoms with Gasteiger partial charge in [-0.1, -0.05) is 12.1 Å². The van der Waals surface area contributed by atoms with Gasteiger partial charge in [0.25, 0.3) is 0 Å². The zero-order valence-electron chi connectivity index (χ0n) is 10.0. The highest BCUT2D eigenvalue weighted by Crippen LogP contribution is 2.17. The molecule has 17 heavy (non-hydrogen) atoms. The van der Waals surface area contributed by atoms with E-state index < -0.39 is 0 Å². The van der Waals surface area contributed by atoms with Crippen molar-refractivity contribution in [1.29, 1.82) is 5.26 Å². The van der Waals surface area contributed by atoms with Gasteiger partial charge < -0.3 is 11.1 Å². The maximum absolute atomic E-state index is 8.82. The molecule has 1 aromatic rings. The first-order valence-corrected chi connectivity index (χ1v) is 6.26. The van der Waals surface area contributed by atoms with E-state index in [1.165, 1.54) is 18.4 Å². The van der Waals surface area contributed by atoms with Gasteiger partial charge in [-0.15, -0.1) is 0 Å². The number of benzene rings is 1. The molecule has 90 valence electrons. The monoisotopic (exact) mass is 229 g/mol. The minimum absolute atomic E-state index is 0.398. The predicted molar refractivity (Wildman–Crippen MR) is 68.2 cm³/mol. The number of hydrogen-bond donors (Lipinski definition) is 2. The van der Waals surface area contributed by atoms with E-state index in [0.717, 1.165) is 24.9 Å². The molecule has 0 atom stereocenters. The molecule has 0 bridgehead atoms. The van der Waals surface area contributed by atoms with Gasteiger partial charge in [0.05, 0.1) is 11.6 Å². The Hall–Kier alpha value is -1.37. The van der Waals surface area contributed by atoms with Gasteiger partial charge in [-0.3, -0.25) is 0 Å². The third kappa shape index (κ3) is 3.55. The van der Waals surface area contributed by atoms with Gasteiger partial charge >= 0.3 is 0 Å². The van der Waals surface area contributed by atoms with Crippen molar-refractivity contribution in [3.8, 4) is 6.07 Å². The zero-order chi connectivity index (χ0) is 12.1. The van der Waals surface area contributed by atoms with Crippen LogP contribution in [0.3, 0.4) is 0 Å². The van der Waals surface area contributed by atoms with Crippen LogP contribution in [0.2, 0.25) is 0 Å². The minimum atomic E-state index is 0.398. The second-order valence-electron chi connectivity index (χ2n) is 4.80. The molecule has 1 aliphatic carbocycles. The largest absolute Gasteiger partial charge is 0.328 e. The average Bonchev–Trinajstić information content (AvgIpc) is 2.38. The van der Waals surface area contributed by atoms with Gasteiger partial charge in [0, 0.05) is 18.6 Å². The molecule has 0 radical (unpaired) electrons. The molecule has 3 N–H and O–H groups in total. The van der Waals surface area contributed by atoms with Crippen LogP contribution in [-0.2, 0) is 6.54 Å². The molecule has 2 rings (SSSR count). The van der Waals surface area contributed by atoms with Crippen molar-refractivity contribution in [2.45, 2.75) is 44.3 Å². The van der Waals surface area contributed by atoms with Crippen molar-refractivity contribution in [2.24, 2.45) is 5.73 Å². The summed E-state index contributed by atoms with van der Waals surface area (Å²) in [7, 11) is 0. The Bertz CT molecular complexity index is 400. The Morgan fingerprint density at radius 2 is 2.06 bits per heavy atom. The Morgan fingerprint density at radius 1 is 1.29 bits per heavy atom. The van der Waals surface area contributed by atoms with Crippen LogP contribution in [0.5, 0.6) is 0 Å². The van der Waals surface area contributed by atoms with Crippen molar-refractivity contribution in [2.75, 3.05) is 0 Å². The van der Waals surface area contributed by atoms with E-state index in [1.807, 2.05) is 18.2 Å². The molecule has 1 saturated carbocycles. The highest BCUT2D eigenvalue weighted by atomic mass is 14.9. The number of nitrogens with two attached hydrogens (primary N) is 1. The normalized spacial score (nSPS) is 24.2. The van der Waals surface area contributed by atoms with Crippen LogP contribution < -0.4 is 11.1 Å². The first-order chi connectivity index (χ1) is 8.28. The van der Waals surface area contributed by atoms with Crippen molar-refractivity contribution >= 4 is 0 Å². The molecule has 0 aliphatic heterocycles. The van der Waals surface area contributed by atoms with E-state index in [4.69, 9.17) is 11.0 Å². The molecule has 0 amide bonds. The zero-order valence-corrected chi connectivity index (χ0v) is 10.0. The second kappa shape index (κ2) is 5.81. The molecule has 1 aliphatic rings. The summed E-state index contributed by atoms with van der Waals surface area (Å²) in [5.41, 5.74) is 7.79.